The molecule has 1 aliphatic rings. The molecule has 0 heterocycles. The van der Waals surface area contributed by atoms with E-state index in [1.165, 1.54) is 68.4 Å². The van der Waals surface area contributed by atoms with Crippen molar-refractivity contribution in [1.29, 1.82) is 0 Å². The molecule has 0 aromatic heterocycles. The summed E-state index contributed by atoms with van der Waals surface area (Å²) in [6, 6.07) is 0.687. The van der Waals surface area contributed by atoms with E-state index in [0.29, 0.717) is 36.4 Å². The first-order chi connectivity index (χ1) is 9.77. The SMILES string of the molecule is CCCC[Se]N([Se]CCCC)C(=O)NC1CCCCC1. The van der Waals surface area contributed by atoms with Crippen molar-refractivity contribution in [2.75, 3.05) is 0 Å². The monoisotopic (exact) mass is 414 g/mol. The van der Waals surface area contributed by atoms with Crippen molar-refractivity contribution >= 4 is 36.4 Å². The van der Waals surface area contributed by atoms with E-state index in [2.05, 4.69) is 22.1 Å². The molecule has 0 radical (unpaired) electrons. The molecule has 5 heteroatoms. The Balaban J connectivity index is 2.35. The van der Waals surface area contributed by atoms with E-state index >= 15 is 0 Å². The number of carbonyl (C=O) groups excluding carboxylic acids is 1. The molecule has 118 valence electrons. The quantitative estimate of drug-likeness (QED) is 0.451. The van der Waals surface area contributed by atoms with Crippen LogP contribution < -0.4 is 5.32 Å². The van der Waals surface area contributed by atoms with Gasteiger partial charge in [0.1, 0.15) is 0 Å². The van der Waals surface area contributed by atoms with Gasteiger partial charge in [-0.3, -0.25) is 0 Å². The van der Waals surface area contributed by atoms with E-state index in [9.17, 15) is 4.79 Å². The Hall–Kier alpha value is 0.309. The van der Waals surface area contributed by atoms with Crippen molar-refractivity contribution in [3.63, 3.8) is 0 Å². The maximum atomic E-state index is 12.4. The minimum absolute atomic E-state index is 0.240. The van der Waals surface area contributed by atoms with Gasteiger partial charge in [-0.1, -0.05) is 0 Å². The number of hydrogen-bond donors (Lipinski definition) is 1. The maximum absolute atomic E-state index is 12.4. The zero-order valence-corrected chi connectivity index (χ0v) is 16.5. The summed E-state index contributed by atoms with van der Waals surface area (Å²) < 4.78 is 2.18. The van der Waals surface area contributed by atoms with Gasteiger partial charge in [-0.2, -0.15) is 0 Å². The second-order valence-corrected chi connectivity index (χ2v) is 10.9. The molecule has 0 aliphatic heterocycles. The van der Waals surface area contributed by atoms with Crippen LogP contribution in [0.4, 0.5) is 4.79 Å². The number of nitrogens with one attached hydrogen (secondary N) is 1. The normalized spacial score (nSPS) is 16.1. The molecule has 20 heavy (non-hydrogen) atoms. The van der Waals surface area contributed by atoms with Crippen LogP contribution in [0.25, 0.3) is 0 Å². The Morgan fingerprint density at radius 1 is 1.05 bits per heavy atom. The van der Waals surface area contributed by atoms with Gasteiger partial charge in [0.05, 0.1) is 0 Å². The molecule has 2 amide bonds. The van der Waals surface area contributed by atoms with Crippen molar-refractivity contribution in [1.82, 2.24) is 8.25 Å². The second kappa shape index (κ2) is 11.9. The molecular formula is C15H30N2OSe2. The van der Waals surface area contributed by atoms with Crippen LogP contribution >= 0.6 is 0 Å². The Morgan fingerprint density at radius 3 is 2.10 bits per heavy atom. The van der Waals surface area contributed by atoms with Crippen molar-refractivity contribution in [3.05, 3.63) is 0 Å². The standard InChI is InChI=1S/C15H30N2OSe2/c1-3-5-12-19-17(20-13-6-4-2)15(18)16-14-10-8-7-9-11-14/h14H,3-13H2,1-2H3,(H,16,18). The van der Waals surface area contributed by atoms with E-state index in [1.54, 1.807) is 0 Å². The van der Waals surface area contributed by atoms with E-state index < -0.39 is 0 Å². The molecule has 1 saturated carbocycles. The molecule has 0 aromatic carbocycles. The molecular weight excluding hydrogens is 382 g/mol. The molecule has 1 rings (SSSR count). The van der Waals surface area contributed by atoms with Crippen molar-refractivity contribution < 1.29 is 4.79 Å². The van der Waals surface area contributed by atoms with Crippen LogP contribution in [0.5, 0.6) is 0 Å². The molecule has 0 aromatic rings. The van der Waals surface area contributed by atoms with Crippen LogP contribution in [0.3, 0.4) is 0 Å². The van der Waals surface area contributed by atoms with Crippen LogP contribution in [0.1, 0.15) is 71.6 Å². The Labute approximate surface area is 137 Å². The predicted molar refractivity (Wildman–Crippen MR) is 88.2 cm³/mol. The topological polar surface area (TPSA) is 32.3 Å². The van der Waals surface area contributed by atoms with Gasteiger partial charge in [-0.05, 0) is 0 Å². The fourth-order valence-electron chi connectivity index (χ4n) is 2.21. The second-order valence-electron chi connectivity index (χ2n) is 5.42. The van der Waals surface area contributed by atoms with Gasteiger partial charge >= 0.3 is 138 Å². The fourth-order valence-corrected chi connectivity index (χ4v) is 7.97. The van der Waals surface area contributed by atoms with Crippen molar-refractivity contribution in [3.8, 4) is 0 Å². The molecule has 3 nitrogen and oxygen atoms in total. The van der Waals surface area contributed by atoms with Gasteiger partial charge in [-0.15, -0.1) is 0 Å². The Kier molecular flexibility index (Phi) is 10.9. The zero-order valence-electron chi connectivity index (χ0n) is 13.0. The van der Waals surface area contributed by atoms with Crippen LogP contribution in [-0.4, -0.2) is 45.4 Å². The summed E-state index contributed by atoms with van der Waals surface area (Å²) in [6.45, 7) is 4.45. The molecule has 0 saturated heterocycles. The number of amides is 2. The Bertz CT molecular complexity index is 248. The molecule has 0 spiro atoms. The first-order valence-corrected chi connectivity index (χ1v) is 12.1. The minimum atomic E-state index is 0.240. The summed E-state index contributed by atoms with van der Waals surface area (Å²) in [5, 5.41) is 5.73. The van der Waals surface area contributed by atoms with E-state index in [0.717, 1.165) is 0 Å². The van der Waals surface area contributed by atoms with Crippen LogP contribution in [0, 0.1) is 0 Å². The first kappa shape index (κ1) is 18.4. The molecule has 1 aliphatic carbocycles. The van der Waals surface area contributed by atoms with Gasteiger partial charge in [0.15, 0.2) is 0 Å². The Morgan fingerprint density at radius 2 is 1.60 bits per heavy atom. The van der Waals surface area contributed by atoms with E-state index in [4.69, 9.17) is 0 Å². The number of hydrogen-bond acceptors (Lipinski definition) is 1. The zero-order chi connectivity index (χ0) is 14.6. The average Bonchev–Trinajstić information content (AvgIpc) is 2.47. The molecule has 1 fully saturated rings. The number of unbranched alkanes of at least 4 members (excludes halogenated alkanes) is 2. The molecule has 0 unspecified atom stereocenters. The van der Waals surface area contributed by atoms with Crippen molar-refractivity contribution in [2.45, 2.75) is 88.3 Å². The number of nitrogens with zero attached hydrogens (tertiary/aromatic N) is 1. The third-order valence-electron chi connectivity index (χ3n) is 3.51. The van der Waals surface area contributed by atoms with Gasteiger partial charge in [0.25, 0.3) is 0 Å². The number of carbonyl (C=O) groups is 1. The summed E-state index contributed by atoms with van der Waals surface area (Å²) in [7, 11) is 0. The van der Waals surface area contributed by atoms with Gasteiger partial charge in [0.2, 0.25) is 0 Å². The molecule has 0 atom stereocenters. The summed E-state index contributed by atoms with van der Waals surface area (Å²) in [4.78, 5) is 12.4. The third-order valence-corrected chi connectivity index (χ3v) is 9.47. The average molecular weight is 412 g/mol. The third kappa shape index (κ3) is 7.92. The fraction of sp³-hybridized carbons (Fsp3) is 0.933. The van der Waals surface area contributed by atoms with Gasteiger partial charge in [-0.25, -0.2) is 0 Å². The van der Waals surface area contributed by atoms with Crippen LogP contribution in [0.15, 0.2) is 0 Å². The van der Waals surface area contributed by atoms with Gasteiger partial charge in [0, 0.05) is 0 Å². The van der Waals surface area contributed by atoms with Gasteiger partial charge < -0.3 is 0 Å². The van der Waals surface area contributed by atoms with Crippen LogP contribution in [0.2, 0.25) is 10.6 Å². The van der Waals surface area contributed by atoms with Crippen LogP contribution in [-0.2, 0) is 0 Å². The van der Waals surface area contributed by atoms with E-state index in [-0.39, 0.29) is 6.03 Å². The molecule has 1 N–H and O–H groups in total. The predicted octanol–water partition coefficient (Wildman–Crippen LogP) is 4.01. The molecule has 0 bridgehead atoms. The number of rotatable bonds is 9. The van der Waals surface area contributed by atoms with Crippen molar-refractivity contribution in [2.24, 2.45) is 0 Å². The van der Waals surface area contributed by atoms with E-state index in [1.807, 2.05) is 0 Å². The summed E-state index contributed by atoms with van der Waals surface area (Å²) >= 11 is 0.727. The summed E-state index contributed by atoms with van der Waals surface area (Å²) in [5.74, 6) is 0. The first-order valence-electron chi connectivity index (χ1n) is 8.14. The summed E-state index contributed by atoms with van der Waals surface area (Å²) in [6.07, 6.45) is 11.3. The summed E-state index contributed by atoms with van der Waals surface area (Å²) in [5.41, 5.74) is 0. The number of urea groups is 1.